The molecule has 0 aliphatic heterocycles. The van der Waals surface area contributed by atoms with E-state index in [0.29, 0.717) is 16.9 Å². The predicted molar refractivity (Wildman–Crippen MR) is 83.5 cm³/mol. The molecule has 0 amide bonds. The Balaban J connectivity index is 2.24. The molecule has 2 rings (SSSR count). The standard InChI is InChI=1S/C14H24N4S/c1-9-7-5-4-6-8-11(9)16-14-12(13(15)19)10(2)17-18(14)3/h9,11,16H,4-8H2,1-3H3,(H2,15,19). The van der Waals surface area contributed by atoms with Crippen molar-refractivity contribution in [2.24, 2.45) is 18.7 Å². The van der Waals surface area contributed by atoms with Crippen LogP contribution in [0.15, 0.2) is 0 Å². The van der Waals surface area contributed by atoms with Crippen LogP contribution in [-0.4, -0.2) is 20.8 Å². The quantitative estimate of drug-likeness (QED) is 0.660. The first-order valence-corrected chi connectivity index (χ1v) is 7.51. The number of aromatic nitrogens is 2. The third-order valence-corrected chi connectivity index (χ3v) is 4.36. The van der Waals surface area contributed by atoms with Gasteiger partial charge in [-0.05, 0) is 25.7 Å². The molecule has 0 aromatic carbocycles. The van der Waals surface area contributed by atoms with Crippen LogP contribution in [0.5, 0.6) is 0 Å². The molecule has 1 fully saturated rings. The number of anilines is 1. The van der Waals surface area contributed by atoms with Gasteiger partial charge >= 0.3 is 0 Å². The van der Waals surface area contributed by atoms with Crippen LogP contribution in [0, 0.1) is 12.8 Å². The minimum absolute atomic E-state index is 0.425. The summed E-state index contributed by atoms with van der Waals surface area (Å²) in [5.41, 5.74) is 7.64. The maximum atomic E-state index is 5.84. The Labute approximate surface area is 120 Å². The maximum Gasteiger partial charge on any atom is 0.134 e. The van der Waals surface area contributed by atoms with Crippen molar-refractivity contribution >= 4 is 23.0 Å². The summed E-state index contributed by atoms with van der Waals surface area (Å²) in [6.07, 6.45) is 6.47. The molecule has 5 heteroatoms. The number of nitrogens with zero attached hydrogens (tertiary/aromatic N) is 2. The first kappa shape index (κ1) is 14.3. The Hall–Kier alpha value is -1.10. The zero-order valence-electron chi connectivity index (χ0n) is 12.1. The normalized spacial score (nSPS) is 23.9. The van der Waals surface area contributed by atoms with Gasteiger partial charge in [-0.1, -0.05) is 38.4 Å². The molecule has 1 heterocycles. The monoisotopic (exact) mass is 280 g/mol. The van der Waals surface area contributed by atoms with Crippen molar-refractivity contribution in [3.05, 3.63) is 11.3 Å². The zero-order valence-corrected chi connectivity index (χ0v) is 12.9. The summed E-state index contributed by atoms with van der Waals surface area (Å²) in [5.74, 6) is 1.65. The number of aryl methyl sites for hydroxylation is 2. The highest BCUT2D eigenvalue weighted by Crippen LogP contribution is 2.28. The zero-order chi connectivity index (χ0) is 14.0. The number of hydrogen-bond acceptors (Lipinski definition) is 3. The molecular formula is C14H24N4S. The molecule has 0 spiro atoms. The first-order valence-electron chi connectivity index (χ1n) is 7.10. The Kier molecular flexibility index (Phi) is 4.45. The van der Waals surface area contributed by atoms with Gasteiger partial charge in [0, 0.05) is 13.1 Å². The van der Waals surface area contributed by atoms with E-state index >= 15 is 0 Å². The van der Waals surface area contributed by atoms with E-state index in [4.69, 9.17) is 18.0 Å². The van der Waals surface area contributed by atoms with E-state index in [0.717, 1.165) is 17.1 Å². The van der Waals surface area contributed by atoms with Crippen LogP contribution in [0.1, 0.15) is 50.3 Å². The topological polar surface area (TPSA) is 55.9 Å². The second-order valence-corrected chi connectivity index (χ2v) is 6.10. The van der Waals surface area contributed by atoms with Crippen LogP contribution in [0.3, 0.4) is 0 Å². The van der Waals surface area contributed by atoms with Crippen LogP contribution in [0.25, 0.3) is 0 Å². The highest BCUT2D eigenvalue weighted by atomic mass is 32.1. The summed E-state index contributed by atoms with van der Waals surface area (Å²) in [5, 5.41) is 8.08. The Morgan fingerprint density at radius 2 is 2.05 bits per heavy atom. The Morgan fingerprint density at radius 1 is 1.37 bits per heavy atom. The van der Waals surface area contributed by atoms with Gasteiger partial charge < -0.3 is 11.1 Å². The van der Waals surface area contributed by atoms with Gasteiger partial charge in [-0.2, -0.15) is 5.10 Å². The fraction of sp³-hybridized carbons (Fsp3) is 0.714. The lowest BCUT2D eigenvalue weighted by molar-refractivity contribution is 0.453. The number of nitrogens with one attached hydrogen (secondary N) is 1. The van der Waals surface area contributed by atoms with Crippen LogP contribution in [0.4, 0.5) is 5.82 Å². The highest BCUT2D eigenvalue weighted by Gasteiger charge is 2.23. The van der Waals surface area contributed by atoms with Gasteiger partial charge in [0.2, 0.25) is 0 Å². The van der Waals surface area contributed by atoms with Crippen LogP contribution < -0.4 is 11.1 Å². The lowest BCUT2D eigenvalue weighted by Gasteiger charge is -2.24. The molecule has 0 saturated heterocycles. The fourth-order valence-electron chi connectivity index (χ4n) is 3.00. The molecule has 0 bridgehead atoms. The summed E-state index contributed by atoms with van der Waals surface area (Å²) < 4.78 is 1.86. The van der Waals surface area contributed by atoms with E-state index in [1.54, 1.807) is 0 Å². The molecule has 106 valence electrons. The fourth-order valence-corrected chi connectivity index (χ4v) is 3.25. The first-order chi connectivity index (χ1) is 9.00. The predicted octanol–water partition coefficient (Wildman–Crippen LogP) is 2.74. The van der Waals surface area contributed by atoms with E-state index < -0.39 is 0 Å². The molecule has 4 nitrogen and oxygen atoms in total. The summed E-state index contributed by atoms with van der Waals surface area (Å²) in [4.78, 5) is 0.425. The minimum atomic E-state index is 0.425. The van der Waals surface area contributed by atoms with Gasteiger partial charge in [-0.3, -0.25) is 4.68 Å². The van der Waals surface area contributed by atoms with E-state index in [1.807, 2.05) is 18.7 Å². The molecule has 1 aliphatic carbocycles. The molecule has 2 unspecified atom stereocenters. The van der Waals surface area contributed by atoms with Crippen LogP contribution >= 0.6 is 12.2 Å². The molecular weight excluding hydrogens is 256 g/mol. The number of rotatable bonds is 3. The molecule has 1 saturated carbocycles. The van der Waals surface area contributed by atoms with Crippen molar-refractivity contribution in [2.75, 3.05) is 5.32 Å². The average molecular weight is 280 g/mol. The third kappa shape index (κ3) is 3.08. The molecule has 2 atom stereocenters. The minimum Gasteiger partial charge on any atom is -0.389 e. The van der Waals surface area contributed by atoms with Crippen molar-refractivity contribution in [1.82, 2.24) is 9.78 Å². The van der Waals surface area contributed by atoms with E-state index in [1.165, 1.54) is 32.1 Å². The summed E-state index contributed by atoms with van der Waals surface area (Å²) in [6.45, 7) is 4.28. The van der Waals surface area contributed by atoms with Gasteiger partial charge in [0.1, 0.15) is 10.8 Å². The smallest absolute Gasteiger partial charge is 0.134 e. The van der Waals surface area contributed by atoms with Gasteiger partial charge in [-0.15, -0.1) is 0 Å². The van der Waals surface area contributed by atoms with Gasteiger partial charge in [-0.25, -0.2) is 0 Å². The molecule has 1 aromatic heterocycles. The van der Waals surface area contributed by atoms with Gasteiger partial charge in [0.15, 0.2) is 0 Å². The Bertz CT molecular complexity index is 466. The molecule has 0 radical (unpaired) electrons. The average Bonchev–Trinajstić information content (AvgIpc) is 2.48. The number of nitrogens with two attached hydrogens (primary N) is 1. The highest BCUT2D eigenvalue weighted by molar-refractivity contribution is 7.80. The van der Waals surface area contributed by atoms with Gasteiger partial charge in [0.05, 0.1) is 11.3 Å². The van der Waals surface area contributed by atoms with Crippen molar-refractivity contribution < 1.29 is 0 Å². The largest absolute Gasteiger partial charge is 0.389 e. The lowest BCUT2D eigenvalue weighted by Crippen LogP contribution is -2.28. The second kappa shape index (κ2) is 5.90. The SMILES string of the molecule is Cc1nn(C)c(NC2CCCCCC2C)c1C(N)=S. The van der Waals surface area contributed by atoms with Crippen molar-refractivity contribution in [1.29, 1.82) is 0 Å². The summed E-state index contributed by atoms with van der Waals surface area (Å²) >= 11 is 5.16. The molecule has 19 heavy (non-hydrogen) atoms. The van der Waals surface area contributed by atoms with E-state index in [2.05, 4.69) is 17.3 Å². The lowest BCUT2D eigenvalue weighted by atomic mass is 9.97. The van der Waals surface area contributed by atoms with Crippen molar-refractivity contribution in [3.8, 4) is 0 Å². The number of hydrogen-bond donors (Lipinski definition) is 2. The molecule has 1 aromatic rings. The van der Waals surface area contributed by atoms with Crippen LogP contribution in [0.2, 0.25) is 0 Å². The van der Waals surface area contributed by atoms with Crippen molar-refractivity contribution in [2.45, 2.75) is 52.0 Å². The maximum absolute atomic E-state index is 5.84. The van der Waals surface area contributed by atoms with E-state index in [9.17, 15) is 0 Å². The molecule has 3 N–H and O–H groups in total. The van der Waals surface area contributed by atoms with Gasteiger partial charge in [0.25, 0.3) is 0 Å². The van der Waals surface area contributed by atoms with Crippen LogP contribution in [-0.2, 0) is 7.05 Å². The Morgan fingerprint density at radius 3 is 2.74 bits per heavy atom. The van der Waals surface area contributed by atoms with Crippen molar-refractivity contribution in [3.63, 3.8) is 0 Å². The summed E-state index contributed by atoms with van der Waals surface area (Å²) in [6, 6.07) is 0.491. The summed E-state index contributed by atoms with van der Waals surface area (Å²) in [7, 11) is 1.94. The third-order valence-electron chi connectivity index (χ3n) is 4.15. The van der Waals surface area contributed by atoms with E-state index in [-0.39, 0.29) is 0 Å². The molecule has 1 aliphatic rings. The second-order valence-electron chi connectivity index (χ2n) is 5.66. The number of thiocarbonyl (C=S) groups is 1.